The fraction of sp³-hybridized carbons (Fsp3) is 0.286. The molecule has 2 N–H and O–H groups in total. The smallest absolute Gasteiger partial charge is 0.329 e. The number of carbonyl (C=O) groups is 3. The molecule has 2 aliphatic heterocycles. The second-order valence-corrected chi connectivity index (χ2v) is 7.16. The van der Waals surface area contributed by atoms with E-state index in [0.29, 0.717) is 30.1 Å². The van der Waals surface area contributed by atoms with Crippen molar-refractivity contribution in [3.05, 3.63) is 54.0 Å². The molecule has 4 heterocycles. The number of rotatable bonds is 4. The van der Waals surface area contributed by atoms with E-state index in [9.17, 15) is 14.4 Å². The standard InChI is InChI=1S/C21H21N5O3/c1-13(26-11-5-6-15-18(26)21(29)25(2)20(15)28)19(27)24-17-9-8-14(12-23-17)16-7-3-4-10-22-16/h3-4,7-10,12-13H,5-6,11H2,1-2H3,(H,23,24,27)/p+1. The Morgan fingerprint density at radius 2 is 2.03 bits per heavy atom. The minimum atomic E-state index is -0.590. The Bertz CT molecular complexity index is 1000. The van der Waals surface area contributed by atoms with Crippen molar-refractivity contribution < 1.29 is 19.4 Å². The Balaban J connectivity index is 1.49. The van der Waals surface area contributed by atoms with Gasteiger partial charge in [0.25, 0.3) is 17.6 Å². The molecule has 0 spiro atoms. The zero-order chi connectivity index (χ0) is 20.5. The highest BCUT2D eigenvalue weighted by molar-refractivity contribution is 6.19. The van der Waals surface area contributed by atoms with Gasteiger partial charge in [0.2, 0.25) is 0 Å². The van der Waals surface area contributed by atoms with Gasteiger partial charge in [-0.05, 0) is 38.0 Å². The molecule has 8 heteroatoms. The summed E-state index contributed by atoms with van der Waals surface area (Å²) in [5, 5.41) is 2.85. The highest BCUT2D eigenvalue weighted by atomic mass is 16.2. The van der Waals surface area contributed by atoms with Crippen LogP contribution in [0.5, 0.6) is 0 Å². The number of amides is 3. The lowest BCUT2D eigenvalue weighted by atomic mass is 10.0. The average molecular weight is 392 g/mol. The number of nitrogens with one attached hydrogen (secondary N) is 2. The van der Waals surface area contributed by atoms with Crippen molar-refractivity contribution in [3.63, 3.8) is 0 Å². The van der Waals surface area contributed by atoms with Crippen LogP contribution in [0.2, 0.25) is 0 Å². The Labute approximate surface area is 168 Å². The molecule has 0 saturated heterocycles. The van der Waals surface area contributed by atoms with Crippen molar-refractivity contribution in [2.75, 3.05) is 18.9 Å². The van der Waals surface area contributed by atoms with Crippen molar-refractivity contribution >= 4 is 23.5 Å². The van der Waals surface area contributed by atoms with E-state index in [1.54, 1.807) is 30.3 Å². The zero-order valence-electron chi connectivity index (χ0n) is 16.3. The molecule has 0 aromatic carbocycles. The van der Waals surface area contributed by atoms with Crippen molar-refractivity contribution in [2.24, 2.45) is 0 Å². The van der Waals surface area contributed by atoms with Crippen LogP contribution in [0.15, 0.2) is 54.0 Å². The highest BCUT2D eigenvalue weighted by Gasteiger charge is 2.43. The first-order valence-electron chi connectivity index (χ1n) is 9.53. The summed E-state index contributed by atoms with van der Waals surface area (Å²) in [4.78, 5) is 47.7. The van der Waals surface area contributed by atoms with Gasteiger partial charge in [0, 0.05) is 37.0 Å². The van der Waals surface area contributed by atoms with Gasteiger partial charge in [-0.15, -0.1) is 0 Å². The van der Waals surface area contributed by atoms with E-state index in [4.69, 9.17) is 0 Å². The third-order valence-electron chi connectivity index (χ3n) is 5.35. The maximum atomic E-state index is 12.8. The van der Waals surface area contributed by atoms with Crippen LogP contribution in [0.4, 0.5) is 5.82 Å². The lowest BCUT2D eigenvalue weighted by Crippen LogP contribution is -2.45. The predicted molar refractivity (Wildman–Crippen MR) is 105 cm³/mol. The third kappa shape index (κ3) is 3.37. The number of carbonyl (C=O) groups excluding carboxylic acids is 3. The molecule has 2 aromatic rings. The number of hydrogen-bond donors (Lipinski definition) is 1. The molecule has 4 rings (SSSR count). The molecule has 2 aromatic heterocycles. The third-order valence-corrected chi connectivity index (χ3v) is 5.35. The lowest BCUT2D eigenvalue weighted by Gasteiger charge is -2.32. The molecule has 29 heavy (non-hydrogen) atoms. The molecular formula is C21H22N5O3+. The quantitative estimate of drug-likeness (QED) is 0.790. The largest absolute Gasteiger partial charge is 0.353 e. The minimum absolute atomic E-state index is 0.254. The Kier molecular flexibility index (Phi) is 4.84. The van der Waals surface area contributed by atoms with Crippen molar-refractivity contribution in [3.8, 4) is 11.3 Å². The molecule has 1 atom stereocenters. The SMILES string of the molecule is CC(C(=O)Nc1ccc(-c2ccccn2)c[nH+]1)N1CCCC2=C1C(=O)N(C)C2=O. The van der Waals surface area contributed by atoms with Gasteiger partial charge in [0.15, 0.2) is 0 Å². The highest BCUT2D eigenvalue weighted by Crippen LogP contribution is 2.32. The summed E-state index contributed by atoms with van der Waals surface area (Å²) in [5.74, 6) is -0.314. The number of aromatic amines is 1. The topological polar surface area (TPSA) is 96.8 Å². The van der Waals surface area contributed by atoms with E-state index >= 15 is 0 Å². The van der Waals surface area contributed by atoms with E-state index in [2.05, 4.69) is 15.3 Å². The van der Waals surface area contributed by atoms with Gasteiger partial charge in [-0.3, -0.25) is 19.5 Å². The number of imide groups is 1. The number of likely N-dealkylation sites (N-methyl/N-ethyl adjacent to an activating group) is 1. The van der Waals surface area contributed by atoms with Crippen LogP contribution < -0.4 is 10.3 Å². The molecule has 1 unspecified atom stereocenters. The number of H-pyrrole nitrogens is 1. The first-order valence-corrected chi connectivity index (χ1v) is 9.53. The molecular weight excluding hydrogens is 370 g/mol. The van der Waals surface area contributed by atoms with Gasteiger partial charge < -0.3 is 4.90 Å². The normalized spacial score (nSPS) is 17.4. The molecule has 148 valence electrons. The van der Waals surface area contributed by atoms with Crippen LogP contribution in [0.1, 0.15) is 19.8 Å². The van der Waals surface area contributed by atoms with Crippen molar-refractivity contribution in [2.45, 2.75) is 25.8 Å². The van der Waals surface area contributed by atoms with Crippen LogP contribution in [0.25, 0.3) is 11.3 Å². The number of pyridine rings is 2. The first kappa shape index (κ1) is 18.8. The van der Waals surface area contributed by atoms with Gasteiger partial charge in [-0.2, -0.15) is 0 Å². The summed E-state index contributed by atoms with van der Waals surface area (Å²) >= 11 is 0. The van der Waals surface area contributed by atoms with Gasteiger partial charge >= 0.3 is 5.91 Å². The van der Waals surface area contributed by atoms with E-state index in [1.807, 2.05) is 24.3 Å². The Morgan fingerprint density at radius 3 is 2.72 bits per heavy atom. The lowest BCUT2D eigenvalue weighted by molar-refractivity contribution is -0.360. The maximum absolute atomic E-state index is 12.8. The minimum Gasteiger partial charge on any atom is -0.353 e. The van der Waals surface area contributed by atoms with E-state index in [1.165, 1.54) is 7.05 Å². The van der Waals surface area contributed by atoms with Crippen molar-refractivity contribution in [1.82, 2.24) is 14.8 Å². The molecule has 0 saturated carbocycles. The first-order chi connectivity index (χ1) is 14.0. The molecule has 8 nitrogen and oxygen atoms in total. The van der Waals surface area contributed by atoms with E-state index in [-0.39, 0.29) is 17.7 Å². The second kappa shape index (κ2) is 7.46. The summed E-state index contributed by atoms with van der Waals surface area (Å²) in [6, 6.07) is 8.72. The van der Waals surface area contributed by atoms with Crippen LogP contribution in [0, 0.1) is 0 Å². The summed E-state index contributed by atoms with van der Waals surface area (Å²) in [7, 11) is 1.48. The number of aromatic nitrogens is 2. The number of anilines is 1. The molecule has 0 bridgehead atoms. The summed E-state index contributed by atoms with van der Waals surface area (Å²) in [6.07, 6.45) is 4.80. The summed E-state index contributed by atoms with van der Waals surface area (Å²) in [5.41, 5.74) is 2.60. The average Bonchev–Trinajstić information content (AvgIpc) is 2.98. The van der Waals surface area contributed by atoms with Crippen LogP contribution in [-0.2, 0) is 14.4 Å². The predicted octanol–water partition coefficient (Wildman–Crippen LogP) is 1.24. The fourth-order valence-corrected chi connectivity index (χ4v) is 3.70. The van der Waals surface area contributed by atoms with Crippen LogP contribution in [-0.4, -0.2) is 52.1 Å². The van der Waals surface area contributed by atoms with Gasteiger partial charge in [0.05, 0.1) is 11.9 Å². The summed E-state index contributed by atoms with van der Waals surface area (Å²) < 4.78 is 0. The van der Waals surface area contributed by atoms with E-state index < -0.39 is 6.04 Å². The summed E-state index contributed by atoms with van der Waals surface area (Å²) in [6.45, 7) is 2.30. The monoisotopic (exact) mass is 392 g/mol. The van der Waals surface area contributed by atoms with Crippen LogP contribution in [0.3, 0.4) is 0 Å². The Hall–Kier alpha value is -3.55. The maximum Gasteiger partial charge on any atom is 0.329 e. The molecule has 0 radical (unpaired) electrons. The number of hydrogen-bond acceptors (Lipinski definition) is 5. The fourth-order valence-electron chi connectivity index (χ4n) is 3.70. The van der Waals surface area contributed by atoms with Crippen LogP contribution >= 0.6 is 0 Å². The molecule has 2 aliphatic rings. The molecule has 3 amide bonds. The van der Waals surface area contributed by atoms with E-state index in [0.717, 1.165) is 22.6 Å². The van der Waals surface area contributed by atoms with Gasteiger partial charge in [0.1, 0.15) is 11.7 Å². The van der Waals surface area contributed by atoms with Crippen molar-refractivity contribution in [1.29, 1.82) is 0 Å². The van der Waals surface area contributed by atoms with Gasteiger partial charge in [-0.25, -0.2) is 15.1 Å². The Morgan fingerprint density at radius 1 is 1.21 bits per heavy atom. The second-order valence-electron chi connectivity index (χ2n) is 7.16. The molecule has 0 aliphatic carbocycles. The zero-order valence-corrected chi connectivity index (χ0v) is 16.3. The van der Waals surface area contributed by atoms with Gasteiger partial charge in [-0.1, -0.05) is 6.07 Å². The molecule has 0 fully saturated rings. The number of nitrogens with zero attached hydrogens (tertiary/aromatic N) is 3.